The third kappa shape index (κ3) is 5.69. The SMILES string of the molecule is CCOC(=O)CNC(=O)COc1ccc(F)cc1Br. The molecule has 0 radical (unpaired) electrons. The fourth-order valence-electron chi connectivity index (χ4n) is 1.17. The van der Waals surface area contributed by atoms with Crippen LogP contribution in [-0.4, -0.2) is 31.6 Å². The number of rotatable bonds is 6. The molecule has 1 aromatic carbocycles. The van der Waals surface area contributed by atoms with E-state index < -0.39 is 17.7 Å². The van der Waals surface area contributed by atoms with Crippen LogP contribution in [0.2, 0.25) is 0 Å². The van der Waals surface area contributed by atoms with Crippen LogP contribution in [-0.2, 0) is 14.3 Å². The molecule has 0 saturated carbocycles. The zero-order valence-corrected chi connectivity index (χ0v) is 11.8. The van der Waals surface area contributed by atoms with Crippen molar-refractivity contribution in [2.75, 3.05) is 19.8 Å². The van der Waals surface area contributed by atoms with Gasteiger partial charge in [-0.15, -0.1) is 0 Å². The van der Waals surface area contributed by atoms with Crippen molar-refractivity contribution in [2.45, 2.75) is 6.92 Å². The van der Waals surface area contributed by atoms with E-state index in [1.807, 2.05) is 0 Å². The number of halogens is 2. The topological polar surface area (TPSA) is 64.6 Å². The minimum Gasteiger partial charge on any atom is -0.483 e. The average molecular weight is 334 g/mol. The quantitative estimate of drug-likeness (QED) is 0.804. The highest BCUT2D eigenvalue weighted by Gasteiger charge is 2.08. The number of hydrogen-bond acceptors (Lipinski definition) is 4. The van der Waals surface area contributed by atoms with Crippen molar-refractivity contribution in [1.82, 2.24) is 5.32 Å². The van der Waals surface area contributed by atoms with Crippen molar-refractivity contribution in [2.24, 2.45) is 0 Å². The zero-order valence-electron chi connectivity index (χ0n) is 10.2. The van der Waals surface area contributed by atoms with Gasteiger partial charge >= 0.3 is 5.97 Å². The number of hydrogen-bond donors (Lipinski definition) is 1. The number of amides is 1. The number of carbonyl (C=O) groups is 2. The van der Waals surface area contributed by atoms with Crippen LogP contribution in [0.25, 0.3) is 0 Å². The maximum Gasteiger partial charge on any atom is 0.325 e. The van der Waals surface area contributed by atoms with Crippen LogP contribution in [0.4, 0.5) is 4.39 Å². The Balaban J connectivity index is 2.36. The Morgan fingerprint density at radius 1 is 1.42 bits per heavy atom. The second-order valence-corrected chi connectivity index (χ2v) is 4.30. The van der Waals surface area contributed by atoms with Gasteiger partial charge in [-0.3, -0.25) is 9.59 Å². The molecule has 0 aliphatic rings. The molecule has 104 valence electrons. The molecule has 1 aromatic rings. The summed E-state index contributed by atoms with van der Waals surface area (Å²) in [7, 11) is 0. The lowest BCUT2D eigenvalue weighted by molar-refractivity contribution is -0.143. The van der Waals surface area contributed by atoms with E-state index in [-0.39, 0.29) is 19.8 Å². The van der Waals surface area contributed by atoms with E-state index in [0.717, 1.165) is 0 Å². The standard InChI is InChI=1S/C12H13BrFNO4/c1-2-18-12(17)6-15-11(16)7-19-10-4-3-8(14)5-9(10)13/h3-5H,2,6-7H2,1H3,(H,15,16). The van der Waals surface area contributed by atoms with Crippen LogP contribution in [0.3, 0.4) is 0 Å². The van der Waals surface area contributed by atoms with E-state index in [2.05, 4.69) is 26.0 Å². The molecule has 0 fully saturated rings. The van der Waals surface area contributed by atoms with Crippen molar-refractivity contribution < 1.29 is 23.5 Å². The molecule has 0 saturated heterocycles. The highest BCUT2D eigenvalue weighted by molar-refractivity contribution is 9.10. The fourth-order valence-corrected chi connectivity index (χ4v) is 1.63. The van der Waals surface area contributed by atoms with Crippen molar-refractivity contribution in [3.05, 3.63) is 28.5 Å². The summed E-state index contributed by atoms with van der Waals surface area (Å²) >= 11 is 3.11. The van der Waals surface area contributed by atoms with Crippen molar-refractivity contribution in [3.63, 3.8) is 0 Å². The van der Waals surface area contributed by atoms with Gasteiger partial charge in [0.1, 0.15) is 18.1 Å². The summed E-state index contributed by atoms with van der Waals surface area (Å²) in [6.45, 7) is 1.45. The third-order valence-electron chi connectivity index (χ3n) is 1.99. The van der Waals surface area contributed by atoms with Gasteiger partial charge in [0.25, 0.3) is 5.91 Å². The highest BCUT2D eigenvalue weighted by atomic mass is 79.9. The molecule has 0 atom stereocenters. The van der Waals surface area contributed by atoms with Gasteiger partial charge in [-0.2, -0.15) is 0 Å². The molecule has 0 bridgehead atoms. The summed E-state index contributed by atoms with van der Waals surface area (Å²) in [5.41, 5.74) is 0. The summed E-state index contributed by atoms with van der Waals surface area (Å²) in [4.78, 5) is 22.4. The van der Waals surface area contributed by atoms with E-state index in [1.54, 1.807) is 6.92 Å². The third-order valence-corrected chi connectivity index (χ3v) is 2.61. The van der Waals surface area contributed by atoms with Gasteiger partial charge in [-0.25, -0.2) is 4.39 Å². The lowest BCUT2D eigenvalue weighted by Crippen LogP contribution is -2.34. The number of nitrogens with one attached hydrogen (secondary N) is 1. The average Bonchev–Trinajstić information content (AvgIpc) is 2.35. The maximum atomic E-state index is 12.8. The Hall–Kier alpha value is -1.63. The van der Waals surface area contributed by atoms with Crippen LogP contribution < -0.4 is 10.1 Å². The first kappa shape index (κ1) is 15.4. The van der Waals surface area contributed by atoms with E-state index in [1.165, 1.54) is 18.2 Å². The molecule has 1 N–H and O–H groups in total. The van der Waals surface area contributed by atoms with Crippen LogP contribution in [0.1, 0.15) is 6.92 Å². The summed E-state index contributed by atoms with van der Waals surface area (Å²) in [6.07, 6.45) is 0. The molecule has 7 heteroatoms. The summed E-state index contributed by atoms with van der Waals surface area (Å²) in [5, 5.41) is 2.34. The smallest absolute Gasteiger partial charge is 0.325 e. The second kappa shape index (κ2) is 7.73. The van der Waals surface area contributed by atoms with Gasteiger partial charge in [0, 0.05) is 0 Å². The normalized spacial score (nSPS) is 9.84. The van der Waals surface area contributed by atoms with Crippen LogP contribution in [0.5, 0.6) is 5.75 Å². The van der Waals surface area contributed by atoms with Gasteiger partial charge in [0.05, 0.1) is 11.1 Å². The van der Waals surface area contributed by atoms with Crippen molar-refractivity contribution in [3.8, 4) is 5.75 Å². The molecule has 1 rings (SSSR count). The molecule has 0 aliphatic heterocycles. The molecule has 19 heavy (non-hydrogen) atoms. The lowest BCUT2D eigenvalue weighted by atomic mass is 10.3. The van der Waals surface area contributed by atoms with E-state index >= 15 is 0 Å². The molecule has 5 nitrogen and oxygen atoms in total. The van der Waals surface area contributed by atoms with Gasteiger partial charge in [0.15, 0.2) is 6.61 Å². The summed E-state index contributed by atoms with van der Waals surface area (Å²) in [5.74, 6) is -1.05. The fraction of sp³-hybridized carbons (Fsp3) is 0.333. The number of esters is 1. The Kier molecular flexibility index (Phi) is 6.27. The number of ether oxygens (including phenoxy) is 2. The van der Waals surface area contributed by atoms with Gasteiger partial charge in [-0.1, -0.05) is 0 Å². The molecule has 0 spiro atoms. The van der Waals surface area contributed by atoms with Gasteiger partial charge in [-0.05, 0) is 41.1 Å². The Morgan fingerprint density at radius 3 is 2.79 bits per heavy atom. The zero-order chi connectivity index (χ0) is 14.3. The predicted molar refractivity (Wildman–Crippen MR) is 69.2 cm³/mol. The van der Waals surface area contributed by atoms with Gasteiger partial charge < -0.3 is 14.8 Å². The Morgan fingerprint density at radius 2 is 2.16 bits per heavy atom. The molecule has 0 aliphatic carbocycles. The van der Waals surface area contributed by atoms with Gasteiger partial charge in [0.2, 0.25) is 0 Å². The lowest BCUT2D eigenvalue weighted by Gasteiger charge is -2.08. The maximum absolute atomic E-state index is 12.8. The largest absolute Gasteiger partial charge is 0.483 e. The molecule has 1 amide bonds. The molecular formula is C12H13BrFNO4. The minimum absolute atomic E-state index is 0.208. The van der Waals surface area contributed by atoms with E-state index in [4.69, 9.17) is 4.74 Å². The first-order valence-electron chi connectivity index (χ1n) is 5.53. The molecule has 0 aromatic heterocycles. The summed E-state index contributed by atoms with van der Waals surface area (Å²) < 4.78 is 23.0. The van der Waals surface area contributed by atoms with Crippen LogP contribution in [0, 0.1) is 5.82 Å². The van der Waals surface area contributed by atoms with E-state index in [9.17, 15) is 14.0 Å². The second-order valence-electron chi connectivity index (χ2n) is 3.45. The number of carbonyl (C=O) groups excluding carboxylic acids is 2. The van der Waals surface area contributed by atoms with Crippen molar-refractivity contribution in [1.29, 1.82) is 0 Å². The highest BCUT2D eigenvalue weighted by Crippen LogP contribution is 2.25. The molecule has 0 heterocycles. The van der Waals surface area contributed by atoms with E-state index in [0.29, 0.717) is 10.2 Å². The molecule has 0 unspecified atom stereocenters. The first-order chi connectivity index (χ1) is 9.02. The number of benzene rings is 1. The Bertz CT molecular complexity index is 467. The first-order valence-corrected chi connectivity index (χ1v) is 6.32. The van der Waals surface area contributed by atoms with Crippen LogP contribution >= 0.6 is 15.9 Å². The summed E-state index contributed by atoms with van der Waals surface area (Å²) in [6, 6.07) is 3.85. The minimum atomic E-state index is -0.515. The monoisotopic (exact) mass is 333 g/mol. The molecular weight excluding hydrogens is 321 g/mol. The van der Waals surface area contributed by atoms with Crippen molar-refractivity contribution >= 4 is 27.8 Å². The van der Waals surface area contributed by atoms with Crippen LogP contribution in [0.15, 0.2) is 22.7 Å². The Labute approximate surface area is 118 Å². The predicted octanol–water partition coefficient (Wildman–Crippen LogP) is 1.65.